The third kappa shape index (κ3) is 6.36. The largest absolute Gasteiger partial charge is 0.479 e. The Bertz CT molecular complexity index is 375. The van der Waals surface area contributed by atoms with Crippen LogP contribution in [0.1, 0.15) is 20.3 Å². The molecule has 3 N–H and O–H groups in total. The third-order valence-electron chi connectivity index (χ3n) is 1.93. The molecular formula is C10H14O9. The fourth-order valence-corrected chi connectivity index (χ4v) is 0.840. The average molecular weight is 278 g/mol. The molecule has 3 unspecified atom stereocenters. The summed E-state index contributed by atoms with van der Waals surface area (Å²) in [4.78, 5) is 43.0. The first-order valence-corrected chi connectivity index (χ1v) is 5.18. The van der Waals surface area contributed by atoms with Gasteiger partial charge in [0.05, 0.1) is 6.42 Å². The Labute approximate surface area is 107 Å². The summed E-state index contributed by atoms with van der Waals surface area (Å²) in [6.45, 7) is 2.16. The summed E-state index contributed by atoms with van der Waals surface area (Å²) in [6.07, 6.45) is -5.65. The Kier molecular flexibility index (Phi) is 6.48. The van der Waals surface area contributed by atoms with Crippen LogP contribution >= 0.6 is 0 Å². The van der Waals surface area contributed by atoms with E-state index in [0.29, 0.717) is 0 Å². The fraction of sp³-hybridized carbons (Fsp3) is 0.600. The van der Waals surface area contributed by atoms with Crippen molar-refractivity contribution in [2.45, 2.75) is 38.6 Å². The molecule has 0 amide bonds. The minimum Gasteiger partial charge on any atom is -0.479 e. The van der Waals surface area contributed by atoms with Crippen molar-refractivity contribution in [1.29, 1.82) is 0 Å². The van der Waals surface area contributed by atoms with Gasteiger partial charge in [-0.05, 0) is 13.8 Å². The number of aliphatic hydroxyl groups is 1. The van der Waals surface area contributed by atoms with Gasteiger partial charge in [0.2, 0.25) is 0 Å². The first-order chi connectivity index (χ1) is 8.65. The van der Waals surface area contributed by atoms with Gasteiger partial charge in [-0.3, -0.25) is 4.79 Å². The van der Waals surface area contributed by atoms with E-state index in [0.717, 1.165) is 13.8 Å². The lowest BCUT2D eigenvalue weighted by atomic mass is 10.2. The van der Waals surface area contributed by atoms with Crippen LogP contribution in [0.25, 0.3) is 0 Å². The quantitative estimate of drug-likeness (QED) is 0.487. The summed E-state index contributed by atoms with van der Waals surface area (Å²) >= 11 is 0. The van der Waals surface area contributed by atoms with E-state index in [1.807, 2.05) is 0 Å². The second-order valence-electron chi connectivity index (χ2n) is 3.61. The Hall–Kier alpha value is -2.16. The van der Waals surface area contributed by atoms with E-state index in [1.165, 1.54) is 0 Å². The maximum Gasteiger partial charge on any atom is 0.344 e. The van der Waals surface area contributed by atoms with E-state index in [2.05, 4.69) is 9.47 Å². The number of hydrogen-bond donors (Lipinski definition) is 3. The van der Waals surface area contributed by atoms with Crippen LogP contribution in [-0.2, 0) is 28.7 Å². The summed E-state index contributed by atoms with van der Waals surface area (Å²) in [7, 11) is 0. The van der Waals surface area contributed by atoms with Gasteiger partial charge >= 0.3 is 23.9 Å². The molecule has 0 saturated heterocycles. The summed E-state index contributed by atoms with van der Waals surface area (Å²) in [6, 6.07) is 0. The zero-order valence-electron chi connectivity index (χ0n) is 10.2. The van der Waals surface area contributed by atoms with Crippen molar-refractivity contribution >= 4 is 23.9 Å². The highest BCUT2D eigenvalue weighted by Crippen LogP contribution is 2.03. The molecule has 3 atom stereocenters. The first-order valence-electron chi connectivity index (χ1n) is 5.18. The highest BCUT2D eigenvalue weighted by Gasteiger charge is 2.27. The minimum absolute atomic E-state index is 0.831. The maximum absolute atomic E-state index is 11.2. The number of ether oxygens (including phenoxy) is 2. The molecule has 0 aliphatic heterocycles. The molecule has 9 nitrogen and oxygen atoms in total. The zero-order valence-corrected chi connectivity index (χ0v) is 10.2. The predicted molar refractivity (Wildman–Crippen MR) is 57.0 cm³/mol. The van der Waals surface area contributed by atoms with Crippen molar-refractivity contribution < 1.29 is 44.0 Å². The molecule has 0 rings (SSSR count). The molecule has 0 aromatic rings. The Morgan fingerprint density at radius 1 is 0.947 bits per heavy atom. The Morgan fingerprint density at radius 3 is 1.79 bits per heavy atom. The monoisotopic (exact) mass is 278 g/mol. The fourth-order valence-electron chi connectivity index (χ4n) is 0.840. The van der Waals surface area contributed by atoms with Crippen LogP contribution in [0.5, 0.6) is 0 Å². The number of carbonyl (C=O) groups is 4. The number of carboxylic acids is 2. The number of carboxylic acid groups (broad SMARTS) is 2. The second-order valence-corrected chi connectivity index (χ2v) is 3.61. The minimum atomic E-state index is -1.92. The molecular weight excluding hydrogens is 264 g/mol. The summed E-state index contributed by atoms with van der Waals surface area (Å²) in [5.74, 6) is -5.23. The predicted octanol–water partition coefficient (Wildman–Crippen LogP) is -1.23. The molecule has 0 spiro atoms. The lowest BCUT2D eigenvalue weighted by molar-refractivity contribution is -0.173. The van der Waals surface area contributed by atoms with Gasteiger partial charge in [-0.15, -0.1) is 0 Å². The van der Waals surface area contributed by atoms with Gasteiger partial charge in [0.25, 0.3) is 0 Å². The summed E-state index contributed by atoms with van der Waals surface area (Å²) in [5, 5.41) is 26.2. The van der Waals surface area contributed by atoms with E-state index < -0.39 is 48.6 Å². The van der Waals surface area contributed by atoms with Crippen LogP contribution in [0.15, 0.2) is 0 Å². The zero-order chi connectivity index (χ0) is 15.2. The number of hydrogen-bond acceptors (Lipinski definition) is 7. The van der Waals surface area contributed by atoms with Crippen LogP contribution in [0.4, 0.5) is 0 Å². The summed E-state index contributed by atoms with van der Waals surface area (Å²) in [5.41, 5.74) is 0. The maximum atomic E-state index is 11.2. The molecule has 0 aliphatic rings. The van der Waals surface area contributed by atoms with Crippen LogP contribution in [0, 0.1) is 0 Å². The second kappa shape index (κ2) is 7.31. The van der Waals surface area contributed by atoms with Crippen molar-refractivity contribution in [2.24, 2.45) is 0 Å². The lowest BCUT2D eigenvalue weighted by Crippen LogP contribution is -2.33. The number of aliphatic carboxylic acids is 2. The molecule has 0 heterocycles. The van der Waals surface area contributed by atoms with Crippen molar-refractivity contribution in [3.8, 4) is 0 Å². The SMILES string of the molecule is CC(OC(=O)CC(O)C(=O)OC(C)C(=O)O)C(=O)O. The first kappa shape index (κ1) is 16.8. The molecule has 0 fully saturated rings. The smallest absolute Gasteiger partial charge is 0.344 e. The van der Waals surface area contributed by atoms with Crippen LogP contribution in [0.3, 0.4) is 0 Å². The summed E-state index contributed by atoms with van der Waals surface area (Å²) < 4.78 is 8.68. The van der Waals surface area contributed by atoms with E-state index >= 15 is 0 Å². The van der Waals surface area contributed by atoms with E-state index in [1.54, 1.807) is 0 Å². The number of rotatable bonds is 7. The lowest BCUT2D eigenvalue weighted by Gasteiger charge is -2.13. The van der Waals surface area contributed by atoms with Gasteiger partial charge in [-0.2, -0.15) is 0 Å². The van der Waals surface area contributed by atoms with Crippen LogP contribution in [-0.4, -0.2) is 57.5 Å². The van der Waals surface area contributed by atoms with Gasteiger partial charge < -0.3 is 24.8 Å². The van der Waals surface area contributed by atoms with E-state index in [4.69, 9.17) is 10.2 Å². The van der Waals surface area contributed by atoms with E-state index in [-0.39, 0.29) is 0 Å². The molecule has 0 bridgehead atoms. The van der Waals surface area contributed by atoms with Gasteiger partial charge in [-0.25, -0.2) is 14.4 Å². The van der Waals surface area contributed by atoms with Crippen LogP contribution < -0.4 is 0 Å². The Balaban J connectivity index is 4.26. The number of carbonyl (C=O) groups excluding carboxylic acids is 2. The molecule has 0 aromatic heterocycles. The van der Waals surface area contributed by atoms with E-state index in [9.17, 15) is 24.3 Å². The van der Waals surface area contributed by atoms with Gasteiger partial charge in [0, 0.05) is 0 Å². The molecule has 9 heteroatoms. The van der Waals surface area contributed by atoms with Crippen molar-refractivity contribution in [1.82, 2.24) is 0 Å². The molecule has 0 radical (unpaired) electrons. The topological polar surface area (TPSA) is 147 Å². The number of esters is 2. The average Bonchev–Trinajstić information content (AvgIpc) is 2.27. The highest BCUT2D eigenvalue weighted by molar-refractivity contribution is 5.85. The van der Waals surface area contributed by atoms with Crippen molar-refractivity contribution in [3.05, 3.63) is 0 Å². The Morgan fingerprint density at radius 2 is 1.37 bits per heavy atom. The standard InChI is InChI=1S/C10H14O9/c1-4(8(13)14)18-7(12)3-6(11)10(17)19-5(2)9(15)16/h4-6,11H,3H2,1-2H3,(H,13,14)(H,15,16). The van der Waals surface area contributed by atoms with Crippen LogP contribution in [0.2, 0.25) is 0 Å². The third-order valence-corrected chi connectivity index (χ3v) is 1.93. The highest BCUT2D eigenvalue weighted by atomic mass is 16.6. The van der Waals surface area contributed by atoms with Crippen molar-refractivity contribution in [2.75, 3.05) is 0 Å². The molecule has 19 heavy (non-hydrogen) atoms. The molecule has 108 valence electrons. The molecule has 0 aliphatic carbocycles. The normalized spacial score (nSPS) is 14.9. The van der Waals surface area contributed by atoms with Crippen molar-refractivity contribution in [3.63, 3.8) is 0 Å². The molecule has 0 saturated carbocycles. The van der Waals surface area contributed by atoms with Gasteiger partial charge in [0.1, 0.15) is 0 Å². The van der Waals surface area contributed by atoms with Gasteiger partial charge in [-0.1, -0.05) is 0 Å². The molecule has 0 aromatic carbocycles. The number of aliphatic hydroxyl groups excluding tert-OH is 1. The van der Waals surface area contributed by atoms with Gasteiger partial charge in [0.15, 0.2) is 18.3 Å².